The van der Waals surface area contributed by atoms with Crippen molar-refractivity contribution in [3.63, 3.8) is 0 Å². The number of carbonyl (C=O) groups excluding carboxylic acids is 1. The van der Waals surface area contributed by atoms with E-state index >= 15 is 0 Å². The highest BCUT2D eigenvalue weighted by Gasteiger charge is 2.14. The first-order valence-corrected chi connectivity index (χ1v) is 6.10. The van der Waals surface area contributed by atoms with Crippen LogP contribution >= 0.6 is 0 Å². The van der Waals surface area contributed by atoms with Crippen LogP contribution in [0.5, 0.6) is 11.5 Å². The summed E-state index contributed by atoms with van der Waals surface area (Å²) in [5.74, 6) is 1.16. The van der Waals surface area contributed by atoms with Crippen molar-refractivity contribution in [1.29, 1.82) is 0 Å². The number of nitrogens with one attached hydrogen (secondary N) is 1. The Morgan fingerprint density at radius 3 is 2.78 bits per heavy atom. The molecule has 5 heteroatoms. The summed E-state index contributed by atoms with van der Waals surface area (Å²) in [5.41, 5.74) is 0.559. The summed E-state index contributed by atoms with van der Waals surface area (Å²) < 4.78 is 10.8. The summed E-state index contributed by atoms with van der Waals surface area (Å²) in [4.78, 5) is 11.8. The molecule has 1 aromatic carbocycles. The summed E-state index contributed by atoms with van der Waals surface area (Å²) in [5, 5.41) is 11.4. The van der Waals surface area contributed by atoms with Gasteiger partial charge in [0.25, 0.3) is 5.91 Å². The second-order valence-electron chi connectivity index (χ2n) is 4.05. The van der Waals surface area contributed by atoms with Gasteiger partial charge in [-0.1, -0.05) is 0 Å². The number of aliphatic hydroxyl groups excluding tert-OH is 1. The number of aliphatic hydroxyl groups is 1. The lowest BCUT2D eigenvalue weighted by molar-refractivity contribution is 0.0951. The molecule has 1 aliphatic rings. The summed E-state index contributed by atoms with van der Waals surface area (Å²) in [6.45, 7) is 1.77. The fourth-order valence-corrected chi connectivity index (χ4v) is 1.73. The number of hydrogen-bond donors (Lipinski definition) is 2. The summed E-state index contributed by atoms with van der Waals surface area (Å²) in [6.07, 6.45) is 1.47. The molecule has 0 fully saturated rings. The zero-order valence-electron chi connectivity index (χ0n) is 10.1. The van der Waals surface area contributed by atoms with Crippen molar-refractivity contribution >= 4 is 5.91 Å². The number of hydrogen-bond acceptors (Lipinski definition) is 4. The van der Waals surface area contributed by atoms with Crippen molar-refractivity contribution in [3.8, 4) is 11.5 Å². The molecule has 0 bridgehead atoms. The monoisotopic (exact) mass is 251 g/mol. The van der Waals surface area contributed by atoms with Crippen LogP contribution in [0.4, 0.5) is 0 Å². The summed E-state index contributed by atoms with van der Waals surface area (Å²) in [7, 11) is 0. The largest absolute Gasteiger partial charge is 0.486 e. The van der Waals surface area contributed by atoms with Gasteiger partial charge in [0.2, 0.25) is 0 Å². The highest BCUT2D eigenvalue weighted by Crippen LogP contribution is 2.30. The van der Waals surface area contributed by atoms with E-state index in [4.69, 9.17) is 14.6 Å². The minimum Gasteiger partial charge on any atom is -0.486 e. The molecule has 1 amide bonds. The van der Waals surface area contributed by atoms with Gasteiger partial charge in [0.05, 0.1) is 0 Å². The number of fused-ring (bicyclic) bond motifs is 1. The maximum atomic E-state index is 11.8. The van der Waals surface area contributed by atoms with Crippen LogP contribution in [0.15, 0.2) is 18.2 Å². The first-order valence-electron chi connectivity index (χ1n) is 6.10. The van der Waals surface area contributed by atoms with Gasteiger partial charge in [0.15, 0.2) is 11.5 Å². The van der Waals surface area contributed by atoms with Gasteiger partial charge in [-0.25, -0.2) is 0 Å². The zero-order chi connectivity index (χ0) is 12.8. The van der Waals surface area contributed by atoms with Gasteiger partial charge in [0.1, 0.15) is 13.2 Å². The molecule has 0 spiro atoms. The van der Waals surface area contributed by atoms with Crippen LogP contribution in [0.1, 0.15) is 23.2 Å². The third kappa shape index (κ3) is 3.13. The van der Waals surface area contributed by atoms with E-state index in [1.807, 2.05) is 0 Å². The molecule has 2 N–H and O–H groups in total. The van der Waals surface area contributed by atoms with E-state index in [0.29, 0.717) is 43.2 Å². The Balaban J connectivity index is 1.94. The van der Waals surface area contributed by atoms with E-state index in [0.717, 1.165) is 6.42 Å². The minimum absolute atomic E-state index is 0.134. The van der Waals surface area contributed by atoms with Crippen molar-refractivity contribution in [2.24, 2.45) is 0 Å². The van der Waals surface area contributed by atoms with Crippen LogP contribution in [-0.2, 0) is 0 Å². The quantitative estimate of drug-likeness (QED) is 0.765. The van der Waals surface area contributed by atoms with Gasteiger partial charge in [-0.05, 0) is 31.0 Å². The van der Waals surface area contributed by atoms with Crippen molar-refractivity contribution in [2.75, 3.05) is 26.4 Å². The molecule has 0 aromatic heterocycles. The molecule has 0 saturated carbocycles. The molecule has 98 valence electrons. The van der Waals surface area contributed by atoms with Gasteiger partial charge >= 0.3 is 0 Å². The molecule has 1 aliphatic heterocycles. The molecular formula is C13H17NO4. The molecule has 5 nitrogen and oxygen atoms in total. The number of benzene rings is 1. The first kappa shape index (κ1) is 12.7. The van der Waals surface area contributed by atoms with E-state index in [1.165, 1.54) is 0 Å². The lowest BCUT2D eigenvalue weighted by atomic mass is 10.1. The lowest BCUT2D eigenvalue weighted by Crippen LogP contribution is -2.25. The minimum atomic E-state index is -0.134. The normalized spacial score (nSPS) is 13.2. The van der Waals surface area contributed by atoms with Crippen LogP contribution in [0.3, 0.4) is 0 Å². The average molecular weight is 251 g/mol. The Bertz CT molecular complexity index is 419. The van der Waals surface area contributed by atoms with Crippen molar-refractivity contribution in [3.05, 3.63) is 23.8 Å². The van der Waals surface area contributed by atoms with Crippen LogP contribution in [0.2, 0.25) is 0 Å². The van der Waals surface area contributed by atoms with E-state index in [9.17, 15) is 4.79 Å². The SMILES string of the molecule is O=C(NCCCCO)c1ccc2c(c1)OCCO2. The smallest absolute Gasteiger partial charge is 0.251 e. The van der Waals surface area contributed by atoms with Gasteiger partial charge in [-0.15, -0.1) is 0 Å². The Labute approximate surface area is 106 Å². The summed E-state index contributed by atoms with van der Waals surface area (Å²) in [6, 6.07) is 5.15. The average Bonchev–Trinajstić information content (AvgIpc) is 2.43. The molecule has 0 saturated heterocycles. The second-order valence-corrected chi connectivity index (χ2v) is 4.05. The van der Waals surface area contributed by atoms with Gasteiger partial charge in [0, 0.05) is 18.7 Å². The highest BCUT2D eigenvalue weighted by molar-refractivity contribution is 5.94. The Morgan fingerprint density at radius 1 is 1.22 bits per heavy atom. The molecule has 1 aromatic rings. The number of carbonyl (C=O) groups is 1. The molecule has 2 rings (SSSR count). The zero-order valence-corrected chi connectivity index (χ0v) is 10.1. The maximum Gasteiger partial charge on any atom is 0.251 e. The van der Waals surface area contributed by atoms with E-state index in [2.05, 4.69) is 5.32 Å². The van der Waals surface area contributed by atoms with Gasteiger partial charge in [-0.3, -0.25) is 4.79 Å². The van der Waals surface area contributed by atoms with Crippen LogP contribution in [0, 0.1) is 0 Å². The number of unbranched alkanes of at least 4 members (excludes halogenated alkanes) is 1. The first-order chi connectivity index (χ1) is 8.81. The van der Waals surface area contributed by atoms with E-state index in [-0.39, 0.29) is 12.5 Å². The predicted molar refractivity (Wildman–Crippen MR) is 66.1 cm³/mol. The number of rotatable bonds is 5. The Morgan fingerprint density at radius 2 is 2.00 bits per heavy atom. The van der Waals surface area contributed by atoms with Crippen LogP contribution in [0.25, 0.3) is 0 Å². The van der Waals surface area contributed by atoms with Crippen molar-refractivity contribution < 1.29 is 19.4 Å². The molecule has 18 heavy (non-hydrogen) atoms. The molecule has 0 radical (unpaired) electrons. The summed E-state index contributed by atoms with van der Waals surface area (Å²) >= 11 is 0. The lowest BCUT2D eigenvalue weighted by Gasteiger charge is -2.18. The fourth-order valence-electron chi connectivity index (χ4n) is 1.73. The third-order valence-electron chi connectivity index (χ3n) is 2.67. The molecule has 1 heterocycles. The topological polar surface area (TPSA) is 67.8 Å². The van der Waals surface area contributed by atoms with Crippen molar-refractivity contribution in [1.82, 2.24) is 5.32 Å². The Kier molecular flexibility index (Phi) is 4.41. The van der Waals surface area contributed by atoms with Gasteiger partial charge in [-0.2, -0.15) is 0 Å². The Hall–Kier alpha value is -1.75. The van der Waals surface area contributed by atoms with Crippen LogP contribution < -0.4 is 14.8 Å². The maximum absolute atomic E-state index is 11.8. The van der Waals surface area contributed by atoms with Gasteiger partial charge < -0.3 is 19.9 Å². The molecule has 0 aliphatic carbocycles. The van der Waals surface area contributed by atoms with Crippen LogP contribution in [-0.4, -0.2) is 37.4 Å². The third-order valence-corrected chi connectivity index (χ3v) is 2.67. The standard InChI is InChI=1S/C13H17NO4/c15-6-2-1-5-14-13(16)10-3-4-11-12(9-10)18-8-7-17-11/h3-4,9,15H,1-2,5-8H2,(H,14,16). The second kappa shape index (κ2) is 6.26. The molecule has 0 unspecified atom stereocenters. The highest BCUT2D eigenvalue weighted by atomic mass is 16.6. The van der Waals surface area contributed by atoms with E-state index in [1.54, 1.807) is 18.2 Å². The number of amides is 1. The number of ether oxygens (including phenoxy) is 2. The predicted octanol–water partition coefficient (Wildman–Crippen LogP) is 0.960. The molecular weight excluding hydrogens is 234 g/mol. The fraction of sp³-hybridized carbons (Fsp3) is 0.462. The van der Waals surface area contributed by atoms with Crippen molar-refractivity contribution in [2.45, 2.75) is 12.8 Å². The molecule has 0 atom stereocenters. The van der Waals surface area contributed by atoms with E-state index < -0.39 is 0 Å².